The lowest BCUT2D eigenvalue weighted by Crippen LogP contribution is -2.16. The molecule has 0 aliphatic rings. The summed E-state index contributed by atoms with van der Waals surface area (Å²) >= 11 is 6.01. The Morgan fingerprint density at radius 2 is 1.78 bits per heavy atom. The second-order valence-electron chi connectivity index (χ2n) is 5.89. The van der Waals surface area contributed by atoms with Crippen LogP contribution in [0.1, 0.15) is 21.7 Å². The number of halogens is 3. The van der Waals surface area contributed by atoms with Crippen molar-refractivity contribution >= 4 is 34.8 Å². The molecule has 1 heterocycles. The van der Waals surface area contributed by atoms with Crippen LogP contribution in [0.5, 0.6) is 0 Å². The maximum atomic E-state index is 13.3. The van der Waals surface area contributed by atoms with Crippen molar-refractivity contribution in [2.75, 3.05) is 10.6 Å². The molecule has 5 nitrogen and oxygen atoms in total. The Balaban J connectivity index is 1.84. The number of aromatic nitrogens is 2. The fourth-order valence-electron chi connectivity index (χ4n) is 2.36. The molecule has 1 aromatic heterocycles. The summed E-state index contributed by atoms with van der Waals surface area (Å²) in [7, 11) is 0. The zero-order chi connectivity index (χ0) is 19.6. The van der Waals surface area contributed by atoms with Gasteiger partial charge in [-0.15, -0.1) is 0 Å². The molecule has 3 aromatic rings. The summed E-state index contributed by atoms with van der Waals surface area (Å²) in [6.07, 6.45) is 0. The minimum Gasteiger partial charge on any atom is -0.324 e. The van der Waals surface area contributed by atoms with Gasteiger partial charge in [0.15, 0.2) is 11.6 Å². The van der Waals surface area contributed by atoms with Gasteiger partial charge in [-0.25, -0.2) is 18.7 Å². The fourth-order valence-corrected chi connectivity index (χ4v) is 2.53. The normalized spacial score (nSPS) is 10.6. The van der Waals surface area contributed by atoms with Crippen molar-refractivity contribution in [1.82, 2.24) is 9.97 Å². The second-order valence-corrected chi connectivity index (χ2v) is 6.32. The minimum absolute atomic E-state index is 0.0782. The maximum Gasteiger partial charge on any atom is 0.274 e. The average Bonchev–Trinajstić information content (AvgIpc) is 2.61. The number of nitrogens with zero attached hydrogens (tertiary/aromatic N) is 2. The SMILES string of the molecule is Cc1cc(C(=O)Nc2ccc(F)c(F)c2)nc(Nc2cc(Cl)ccc2C)n1. The molecule has 8 heteroatoms. The van der Waals surface area contributed by atoms with Crippen molar-refractivity contribution in [3.63, 3.8) is 0 Å². The number of rotatable bonds is 4. The van der Waals surface area contributed by atoms with E-state index in [0.29, 0.717) is 16.4 Å². The van der Waals surface area contributed by atoms with E-state index in [0.717, 1.165) is 17.7 Å². The highest BCUT2D eigenvalue weighted by Gasteiger charge is 2.13. The summed E-state index contributed by atoms with van der Waals surface area (Å²) in [5.74, 6) is -2.40. The predicted molar refractivity (Wildman–Crippen MR) is 101 cm³/mol. The quantitative estimate of drug-likeness (QED) is 0.658. The Labute approximate surface area is 159 Å². The van der Waals surface area contributed by atoms with Gasteiger partial charge in [-0.05, 0) is 49.7 Å². The number of benzene rings is 2. The van der Waals surface area contributed by atoms with Gasteiger partial charge in [-0.1, -0.05) is 17.7 Å². The number of aryl methyl sites for hydroxylation is 2. The van der Waals surface area contributed by atoms with Gasteiger partial charge in [-0.3, -0.25) is 4.79 Å². The van der Waals surface area contributed by atoms with Gasteiger partial charge >= 0.3 is 0 Å². The molecule has 138 valence electrons. The molecule has 0 radical (unpaired) electrons. The third kappa shape index (κ3) is 4.57. The molecule has 0 bridgehead atoms. The van der Waals surface area contributed by atoms with Crippen LogP contribution in [0.3, 0.4) is 0 Å². The van der Waals surface area contributed by atoms with Crippen LogP contribution in [0.2, 0.25) is 5.02 Å². The van der Waals surface area contributed by atoms with Crippen molar-refractivity contribution < 1.29 is 13.6 Å². The van der Waals surface area contributed by atoms with Crippen LogP contribution in [0.4, 0.5) is 26.1 Å². The number of amides is 1. The minimum atomic E-state index is -1.05. The zero-order valence-electron chi connectivity index (χ0n) is 14.5. The molecule has 0 spiro atoms. The second kappa shape index (κ2) is 7.67. The van der Waals surface area contributed by atoms with Crippen molar-refractivity contribution in [3.8, 4) is 0 Å². The van der Waals surface area contributed by atoms with E-state index in [2.05, 4.69) is 20.6 Å². The topological polar surface area (TPSA) is 66.9 Å². The van der Waals surface area contributed by atoms with Crippen LogP contribution in [-0.2, 0) is 0 Å². The number of anilines is 3. The smallest absolute Gasteiger partial charge is 0.274 e. The van der Waals surface area contributed by atoms with Gasteiger partial charge in [-0.2, -0.15) is 0 Å². The van der Waals surface area contributed by atoms with Crippen molar-refractivity contribution in [3.05, 3.63) is 76.1 Å². The lowest BCUT2D eigenvalue weighted by atomic mass is 10.2. The average molecular weight is 389 g/mol. The van der Waals surface area contributed by atoms with E-state index >= 15 is 0 Å². The van der Waals surface area contributed by atoms with Gasteiger partial charge in [0.25, 0.3) is 5.91 Å². The lowest BCUT2D eigenvalue weighted by Gasteiger charge is -2.11. The van der Waals surface area contributed by atoms with Crippen LogP contribution in [0, 0.1) is 25.5 Å². The highest BCUT2D eigenvalue weighted by atomic mass is 35.5. The Kier molecular flexibility index (Phi) is 5.32. The first-order valence-electron chi connectivity index (χ1n) is 7.97. The van der Waals surface area contributed by atoms with Gasteiger partial charge < -0.3 is 10.6 Å². The zero-order valence-corrected chi connectivity index (χ0v) is 15.2. The van der Waals surface area contributed by atoms with Gasteiger partial charge in [0.05, 0.1) is 0 Å². The molecule has 2 N–H and O–H groups in total. The van der Waals surface area contributed by atoms with Gasteiger partial charge in [0.2, 0.25) is 5.95 Å². The third-order valence-corrected chi connectivity index (χ3v) is 3.95. The summed E-state index contributed by atoms with van der Waals surface area (Å²) < 4.78 is 26.3. The molecule has 0 aliphatic heterocycles. The van der Waals surface area contributed by atoms with Crippen LogP contribution >= 0.6 is 11.6 Å². The first-order chi connectivity index (χ1) is 12.8. The van der Waals surface area contributed by atoms with Crippen LogP contribution in [0.15, 0.2) is 42.5 Å². The maximum absolute atomic E-state index is 13.3. The molecule has 0 saturated heterocycles. The first kappa shape index (κ1) is 18.7. The van der Waals surface area contributed by atoms with Gasteiger partial charge in [0.1, 0.15) is 5.69 Å². The van der Waals surface area contributed by atoms with Gasteiger partial charge in [0, 0.05) is 28.2 Å². The molecule has 0 unspecified atom stereocenters. The first-order valence-corrected chi connectivity index (χ1v) is 8.35. The van der Waals surface area contributed by atoms with E-state index in [9.17, 15) is 13.6 Å². The summed E-state index contributed by atoms with van der Waals surface area (Å²) in [6.45, 7) is 3.61. The van der Waals surface area contributed by atoms with Crippen molar-refractivity contribution in [2.24, 2.45) is 0 Å². The van der Waals surface area contributed by atoms with E-state index < -0.39 is 17.5 Å². The molecule has 0 aliphatic carbocycles. The number of nitrogens with one attached hydrogen (secondary N) is 2. The number of carbonyl (C=O) groups excluding carboxylic acids is 1. The van der Waals surface area contributed by atoms with Crippen LogP contribution in [0.25, 0.3) is 0 Å². The number of carbonyl (C=O) groups is 1. The van der Waals surface area contributed by atoms with E-state index in [1.165, 1.54) is 12.1 Å². The molecule has 27 heavy (non-hydrogen) atoms. The number of hydrogen-bond donors (Lipinski definition) is 2. The predicted octanol–water partition coefficient (Wildman–Crippen LogP) is 5.02. The Bertz CT molecular complexity index is 1030. The largest absolute Gasteiger partial charge is 0.324 e. The molecule has 2 aromatic carbocycles. The Morgan fingerprint density at radius 3 is 2.52 bits per heavy atom. The highest BCUT2D eigenvalue weighted by Crippen LogP contribution is 2.23. The Morgan fingerprint density at radius 1 is 1.00 bits per heavy atom. The fraction of sp³-hybridized carbons (Fsp3) is 0.105. The third-order valence-electron chi connectivity index (χ3n) is 3.71. The van der Waals surface area contributed by atoms with Crippen LogP contribution < -0.4 is 10.6 Å². The monoisotopic (exact) mass is 388 g/mol. The highest BCUT2D eigenvalue weighted by molar-refractivity contribution is 6.30. The molecule has 1 amide bonds. The Hall–Kier alpha value is -3.06. The van der Waals surface area contributed by atoms with E-state index in [1.807, 2.05) is 13.0 Å². The molecule has 0 atom stereocenters. The molecule has 3 rings (SSSR count). The summed E-state index contributed by atoms with van der Waals surface area (Å²) in [5, 5.41) is 6.06. The number of hydrogen-bond acceptors (Lipinski definition) is 4. The lowest BCUT2D eigenvalue weighted by molar-refractivity contribution is 0.102. The standard InChI is InChI=1S/C19H15ClF2N4O/c1-10-3-4-12(20)8-16(10)25-19-23-11(2)7-17(26-19)18(27)24-13-5-6-14(21)15(22)9-13/h3-9H,1-2H3,(H,24,27)(H,23,25,26). The van der Waals surface area contributed by atoms with E-state index in [1.54, 1.807) is 19.1 Å². The molecular weight excluding hydrogens is 374 g/mol. The molecular formula is C19H15ClF2N4O. The van der Waals surface area contributed by atoms with Crippen LogP contribution in [-0.4, -0.2) is 15.9 Å². The molecule has 0 fully saturated rings. The van der Waals surface area contributed by atoms with E-state index in [4.69, 9.17) is 11.6 Å². The van der Waals surface area contributed by atoms with E-state index in [-0.39, 0.29) is 17.3 Å². The summed E-state index contributed by atoms with van der Waals surface area (Å²) in [6, 6.07) is 9.92. The molecule has 0 saturated carbocycles. The summed E-state index contributed by atoms with van der Waals surface area (Å²) in [5.41, 5.74) is 2.39. The van der Waals surface area contributed by atoms with Crippen molar-refractivity contribution in [2.45, 2.75) is 13.8 Å². The summed E-state index contributed by atoms with van der Waals surface area (Å²) in [4.78, 5) is 20.9. The van der Waals surface area contributed by atoms with Crippen molar-refractivity contribution in [1.29, 1.82) is 0 Å².